The number of benzene rings is 1. The van der Waals surface area contributed by atoms with E-state index in [0.717, 1.165) is 7.11 Å². The zero-order valence-corrected chi connectivity index (χ0v) is 11.9. The number of hydrogen-bond acceptors (Lipinski definition) is 4. The zero-order valence-electron chi connectivity index (χ0n) is 9.52. The molecule has 1 aromatic carbocycles. The molecule has 108 valence electrons. The van der Waals surface area contributed by atoms with Gasteiger partial charge < -0.3 is 4.74 Å². The second kappa shape index (κ2) is 6.27. The third-order valence-electron chi connectivity index (χ3n) is 2.03. The van der Waals surface area contributed by atoms with Crippen molar-refractivity contribution in [2.75, 3.05) is 7.11 Å². The number of ether oxygens (including phenoxy) is 1. The molecule has 20 heavy (non-hydrogen) atoms. The van der Waals surface area contributed by atoms with Gasteiger partial charge in [0.15, 0.2) is 23.3 Å². The maximum absolute atomic E-state index is 13.4. The van der Waals surface area contributed by atoms with Crippen molar-refractivity contribution >= 4 is 45.0 Å². The third kappa shape index (κ3) is 2.96. The summed E-state index contributed by atoms with van der Waals surface area (Å²) in [6, 6.07) is 0. The fourth-order valence-corrected chi connectivity index (χ4v) is 1.51. The first-order chi connectivity index (χ1) is 9.22. The average molecular weight is 374 g/mol. The van der Waals surface area contributed by atoms with Gasteiger partial charge in [-0.2, -0.15) is 0 Å². The van der Waals surface area contributed by atoms with Crippen molar-refractivity contribution in [3.8, 4) is 0 Å². The molecule has 0 aliphatic carbocycles. The summed E-state index contributed by atoms with van der Waals surface area (Å²) < 4.78 is 56.5. The molecule has 2 amide bonds. The molecule has 0 aliphatic rings. The van der Waals surface area contributed by atoms with E-state index in [0.29, 0.717) is 0 Å². The summed E-state index contributed by atoms with van der Waals surface area (Å²) >= 11 is 6.63. The van der Waals surface area contributed by atoms with E-state index in [4.69, 9.17) is 0 Å². The average Bonchev–Trinajstić information content (AvgIpc) is 2.42. The molecule has 0 heterocycles. The summed E-state index contributed by atoms with van der Waals surface area (Å²) in [6.45, 7) is 0. The summed E-state index contributed by atoms with van der Waals surface area (Å²) in [5, 5.41) is 0.733. The number of carbonyl (C=O) groups is 2. The van der Waals surface area contributed by atoms with Gasteiger partial charge in [-0.1, -0.05) is 0 Å². The summed E-state index contributed by atoms with van der Waals surface area (Å²) in [5.74, 6) is -10.5. The van der Waals surface area contributed by atoms with E-state index in [1.54, 1.807) is 0 Å². The van der Waals surface area contributed by atoms with Crippen molar-refractivity contribution in [3.63, 3.8) is 0 Å². The standard InChI is InChI=1S/C10H4BrF4NO3S/c1-19-10(20)9(18)16-8(17)2-4(12)6(14)3(11)7(15)5(2)13/h1H3,(H,16,17,18). The quantitative estimate of drug-likeness (QED) is 0.355. The number of methoxy groups -OCH3 is 1. The van der Waals surface area contributed by atoms with Gasteiger partial charge in [-0.15, -0.1) is 0 Å². The minimum atomic E-state index is -1.95. The van der Waals surface area contributed by atoms with Gasteiger partial charge in [-0.3, -0.25) is 14.9 Å². The Hall–Kier alpha value is -1.55. The smallest absolute Gasteiger partial charge is 0.304 e. The molecule has 0 aliphatic heterocycles. The maximum atomic E-state index is 13.4. The summed E-state index contributed by atoms with van der Waals surface area (Å²) in [5.41, 5.74) is -1.59. The van der Waals surface area contributed by atoms with Gasteiger partial charge >= 0.3 is 5.91 Å². The summed E-state index contributed by atoms with van der Waals surface area (Å²) in [7, 11) is 1.02. The van der Waals surface area contributed by atoms with Crippen LogP contribution in [0.4, 0.5) is 17.6 Å². The number of thiocarbonyl (C=S) groups is 1. The van der Waals surface area contributed by atoms with Crippen LogP contribution in [0.1, 0.15) is 10.4 Å². The molecule has 1 aromatic rings. The summed E-state index contributed by atoms with van der Waals surface area (Å²) in [4.78, 5) is 22.6. The van der Waals surface area contributed by atoms with E-state index in [9.17, 15) is 27.2 Å². The molecule has 0 saturated carbocycles. The van der Waals surface area contributed by atoms with Gasteiger partial charge in [-0.25, -0.2) is 17.6 Å². The lowest BCUT2D eigenvalue weighted by Crippen LogP contribution is -2.37. The lowest BCUT2D eigenvalue weighted by Gasteiger charge is -2.09. The maximum Gasteiger partial charge on any atom is 0.304 e. The molecule has 1 rings (SSSR count). The second-order valence-corrected chi connectivity index (χ2v) is 4.38. The van der Waals surface area contributed by atoms with Crippen LogP contribution in [-0.4, -0.2) is 24.0 Å². The fourth-order valence-electron chi connectivity index (χ4n) is 1.11. The number of hydrogen-bond donors (Lipinski definition) is 1. The molecule has 0 atom stereocenters. The highest BCUT2D eigenvalue weighted by molar-refractivity contribution is 9.10. The Morgan fingerprint density at radius 3 is 1.95 bits per heavy atom. The van der Waals surface area contributed by atoms with Gasteiger partial charge in [0.2, 0.25) is 0 Å². The Bertz CT molecular complexity index is 594. The van der Waals surface area contributed by atoms with Crippen LogP contribution in [0.25, 0.3) is 0 Å². The van der Waals surface area contributed by atoms with Crippen LogP contribution in [0.15, 0.2) is 4.47 Å². The molecule has 0 saturated heterocycles. The van der Waals surface area contributed by atoms with E-state index in [1.165, 1.54) is 5.32 Å². The lowest BCUT2D eigenvalue weighted by molar-refractivity contribution is -0.114. The van der Waals surface area contributed by atoms with E-state index in [1.807, 2.05) is 0 Å². The molecule has 0 aromatic heterocycles. The number of carbonyl (C=O) groups excluding carboxylic acids is 2. The molecule has 10 heteroatoms. The fraction of sp³-hybridized carbons (Fsp3) is 0.100. The van der Waals surface area contributed by atoms with E-state index in [-0.39, 0.29) is 0 Å². The van der Waals surface area contributed by atoms with Gasteiger partial charge in [0.1, 0.15) is 5.56 Å². The largest absolute Gasteiger partial charge is 0.483 e. The first kappa shape index (κ1) is 16.5. The normalized spacial score (nSPS) is 10.1. The third-order valence-corrected chi connectivity index (χ3v) is 3.08. The molecule has 0 unspecified atom stereocenters. The molecule has 0 spiro atoms. The van der Waals surface area contributed by atoms with Gasteiger partial charge in [0, 0.05) is 0 Å². The number of nitrogens with one attached hydrogen (secondary N) is 1. The lowest BCUT2D eigenvalue weighted by atomic mass is 10.1. The van der Waals surface area contributed by atoms with E-state index in [2.05, 4.69) is 32.9 Å². The van der Waals surface area contributed by atoms with Crippen molar-refractivity contribution < 1.29 is 31.9 Å². The van der Waals surface area contributed by atoms with E-state index < -0.39 is 50.2 Å². The molecule has 1 N–H and O–H groups in total. The van der Waals surface area contributed by atoms with Crippen molar-refractivity contribution in [2.24, 2.45) is 0 Å². The highest BCUT2D eigenvalue weighted by Gasteiger charge is 2.29. The molecule has 0 radical (unpaired) electrons. The number of imide groups is 1. The monoisotopic (exact) mass is 373 g/mol. The highest BCUT2D eigenvalue weighted by atomic mass is 79.9. The predicted molar refractivity (Wildman–Crippen MR) is 66.1 cm³/mol. The molecule has 0 bridgehead atoms. The van der Waals surface area contributed by atoms with Crippen molar-refractivity contribution in [3.05, 3.63) is 33.3 Å². The Balaban J connectivity index is 3.24. The van der Waals surface area contributed by atoms with Gasteiger partial charge in [-0.05, 0) is 28.1 Å². The first-order valence-corrected chi connectivity index (χ1v) is 5.87. The Morgan fingerprint density at radius 1 is 1.10 bits per heavy atom. The van der Waals surface area contributed by atoms with Crippen LogP contribution in [0.2, 0.25) is 0 Å². The van der Waals surface area contributed by atoms with Crippen molar-refractivity contribution in [1.82, 2.24) is 5.32 Å². The number of amides is 2. The van der Waals surface area contributed by atoms with Gasteiger partial charge in [0.25, 0.3) is 11.0 Å². The van der Waals surface area contributed by atoms with Crippen LogP contribution < -0.4 is 5.32 Å². The zero-order chi connectivity index (χ0) is 15.6. The predicted octanol–water partition coefficient (Wildman–Crippen LogP) is 2.24. The number of rotatable bonds is 1. The van der Waals surface area contributed by atoms with Crippen LogP contribution in [0.5, 0.6) is 0 Å². The van der Waals surface area contributed by atoms with Crippen LogP contribution in [-0.2, 0) is 9.53 Å². The SMILES string of the molecule is COC(=S)C(=O)NC(=O)c1c(F)c(F)c(Br)c(F)c1F. The van der Waals surface area contributed by atoms with Gasteiger partial charge in [0.05, 0.1) is 11.6 Å². The second-order valence-electron chi connectivity index (χ2n) is 3.22. The van der Waals surface area contributed by atoms with E-state index >= 15 is 0 Å². The Labute approximate surface area is 123 Å². The molecular formula is C10H4BrF4NO3S. The van der Waals surface area contributed by atoms with Crippen LogP contribution >= 0.6 is 28.1 Å². The molecular weight excluding hydrogens is 370 g/mol. The Morgan fingerprint density at radius 2 is 1.55 bits per heavy atom. The van der Waals surface area contributed by atoms with Crippen molar-refractivity contribution in [1.29, 1.82) is 0 Å². The highest BCUT2D eigenvalue weighted by Crippen LogP contribution is 2.28. The first-order valence-electron chi connectivity index (χ1n) is 4.67. The molecule has 0 fully saturated rings. The number of halogens is 5. The van der Waals surface area contributed by atoms with Crippen LogP contribution in [0.3, 0.4) is 0 Å². The Kier molecular flexibility index (Phi) is 5.17. The minimum Gasteiger partial charge on any atom is -0.483 e. The van der Waals surface area contributed by atoms with Crippen molar-refractivity contribution in [2.45, 2.75) is 0 Å². The molecule has 4 nitrogen and oxygen atoms in total. The minimum absolute atomic E-state index is 0.697. The van der Waals surface area contributed by atoms with Crippen LogP contribution in [0, 0.1) is 23.3 Å². The summed E-state index contributed by atoms with van der Waals surface area (Å²) in [6.07, 6.45) is 0. The topological polar surface area (TPSA) is 55.4 Å².